The van der Waals surface area contributed by atoms with E-state index in [0.717, 1.165) is 10.8 Å². The van der Waals surface area contributed by atoms with Crippen LogP contribution in [0.1, 0.15) is 17.4 Å². The third-order valence-electron chi connectivity index (χ3n) is 2.60. The molecule has 17 heavy (non-hydrogen) atoms. The van der Waals surface area contributed by atoms with Crippen molar-refractivity contribution in [2.45, 2.75) is 6.92 Å². The first-order valence-electron chi connectivity index (χ1n) is 5.19. The zero-order valence-corrected chi connectivity index (χ0v) is 9.98. The van der Waals surface area contributed by atoms with Crippen LogP contribution < -0.4 is 9.47 Å². The summed E-state index contributed by atoms with van der Waals surface area (Å²) in [5.41, 5.74) is 0.430. The van der Waals surface area contributed by atoms with Crippen LogP contribution in [0.15, 0.2) is 24.4 Å². The molecule has 88 valence electrons. The molecule has 0 fully saturated rings. The minimum absolute atomic E-state index is 0.0779. The Morgan fingerprint density at radius 1 is 1.18 bits per heavy atom. The van der Waals surface area contributed by atoms with E-state index in [1.54, 1.807) is 32.5 Å². The van der Waals surface area contributed by atoms with Crippen molar-refractivity contribution < 1.29 is 14.3 Å². The number of methoxy groups -OCH3 is 2. The zero-order chi connectivity index (χ0) is 12.4. The predicted molar refractivity (Wildman–Crippen MR) is 64.9 cm³/mol. The van der Waals surface area contributed by atoms with Gasteiger partial charge in [0.2, 0.25) is 0 Å². The van der Waals surface area contributed by atoms with Gasteiger partial charge < -0.3 is 9.47 Å². The van der Waals surface area contributed by atoms with E-state index in [1.807, 2.05) is 6.07 Å². The van der Waals surface area contributed by atoms with E-state index in [-0.39, 0.29) is 5.78 Å². The lowest BCUT2D eigenvalue weighted by Gasteiger charge is -2.10. The first kappa shape index (κ1) is 11.4. The highest BCUT2D eigenvalue weighted by molar-refractivity contribution is 6.07. The minimum Gasteiger partial charge on any atom is -0.497 e. The largest absolute Gasteiger partial charge is 0.497 e. The van der Waals surface area contributed by atoms with Crippen LogP contribution in [0.2, 0.25) is 0 Å². The van der Waals surface area contributed by atoms with Crippen molar-refractivity contribution in [3.05, 3.63) is 30.1 Å². The summed E-state index contributed by atoms with van der Waals surface area (Å²) in [5.74, 6) is 1.24. The van der Waals surface area contributed by atoms with Gasteiger partial charge in [-0.3, -0.25) is 9.78 Å². The SMILES string of the molecule is COc1cc(OC)c2ccnc(C(C)=O)c2c1. The van der Waals surface area contributed by atoms with Crippen LogP contribution in [0, 0.1) is 0 Å². The fourth-order valence-electron chi connectivity index (χ4n) is 1.79. The molecule has 4 nitrogen and oxygen atoms in total. The van der Waals surface area contributed by atoms with Crippen molar-refractivity contribution >= 4 is 16.6 Å². The molecule has 0 aliphatic heterocycles. The Morgan fingerprint density at radius 2 is 1.94 bits per heavy atom. The van der Waals surface area contributed by atoms with Crippen molar-refractivity contribution in [1.29, 1.82) is 0 Å². The average Bonchev–Trinajstić information content (AvgIpc) is 2.36. The summed E-state index contributed by atoms with van der Waals surface area (Å²) in [5, 5.41) is 1.60. The molecule has 0 atom stereocenters. The van der Waals surface area contributed by atoms with Crippen molar-refractivity contribution in [1.82, 2.24) is 4.98 Å². The molecule has 0 aliphatic rings. The molecule has 0 bridgehead atoms. The second-order valence-electron chi connectivity index (χ2n) is 3.64. The van der Waals surface area contributed by atoms with E-state index >= 15 is 0 Å². The number of fused-ring (bicyclic) bond motifs is 1. The Balaban J connectivity index is 2.84. The predicted octanol–water partition coefficient (Wildman–Crippen LogP) is 2.45. The number of Topliss-reactive ketones (excluding diaryl/α,β-unsaturated/α-hetero) is 1. The van der Waals surface area contributed by atoms with Gasteiger partial charge in [0.1, 0.15) is 17.2 Å². The zero-order valence-electron chi connectivity index (χ0n) is 9.98. The van der Waals surface area contributed by atoms with Crippen molar-refractivity contribution in [3.8, 4) is 11.5 Å². The van der Waals surface area contributed by atoms with Crippen LogP contribution in [0.5, 0.6) is 11.5 Å². The molecule has 0 aliphatic carbocycles. The molecule has 1 aromatic heterocycles. The van der Waals surface area contributed by atoms with E-state index in [0.29, 0.717) is 17.2 Å². The highest BCUT2D eigenvalue weighted by atomic mass is 16.5. The number of rotatable bonds is 3. The third-order valence-corrected chi connectivity index (χ3v) is 2.60. The monoisotopic (exact) mass is 231 g/mol. The first-order chi connectivity index (χ1) is 8.17. The van der Waals surface area contributed by atoms with Gasteiger partial charge in [0, 0.05) is 30.0 Å². The fraction of sp³-hybridized carbons (Fsp3) is 0.231. The Kier molecular flexibility index (Phi) is 2.95. The quantitative estimate of drug-likeness (QED) is 0.761. The minimum atomic E-state index is -0.0779. The number of carbonyl (C=O) groups is 1. The van der Waals surface area contributed by atoms with E-state index in [2.05, 4.69) is 4.98 Å². The van der Waals surface area contributed by atoms with Crippen LogP contribution in [-0.2, 0) is 0 Å². The second-order valence-corrected chi connectivity index (χ2v) is 3.64. The van der Waals surface area contributed by atoms with Gasteiger partial charge in [-0.25, -0.2) is 0 Å². The van der Waals surface area contributed by atoms with Gasteiger partial charge in [-0.1, -0.05) is 0 Å². The number of benzene rings is 1. The van der Waals surface area contributed by atoms with Gasteiger partial charge in [0.25, 0.3) is 0 Å². The molecule has 1 heterocycles. The van der Waals surface area contributed by atoms with Gasteiger partial charge in [0.15, 0.2) is 5.78 Å². The highest BCUT2D eigenvalue weighted by Crippen LogP contribution is 2.32. The van der Waals surface area contributed by atoms with Gasteiger partial charge in [0.05, 0.1) is 14.2 Å². The Labute approximate surface area is 99.2 Å². The topological polar surface area (TPSA) is 48.4 Å². The highest BCUT2D eigenvalue weighted by Gasteiger charge is 2.12. The summed E-state index contributed by atoms with van der Waals surface area (Å²) in [7, 11) is 3.16. The maximum absolute atomic E-state index is 11.5. The van der Waals surface area contributed by atoms with Crippen molar-refractivity contribution in [3.63, 3.8) is 0 Å². The molecular weight excluding hydrogens is 218 g/mol. The molecule has 0 unspecified atom stereocenters. The molecule has 0 N–H and O–H groups in total. The Morgan fingerprint density at radius 3 is 2.53 bits per heavy atom. The van der Waals surface area contributed by atoms with E-state index in [4.69, 9.17) is 9.47 Å². The standard InChI is InChI=1S/C13H13NO3/c1-8(15)13-11-6-9(16-2)7-12(17-3)10(11)4-5-14-13/h4-7H,1-3H3. The van der Waals surface area contributed by atoms with Crippen LogP contribution in [0.3, 0.4) is 0 Å². The Hall–Kier alpha value is -2.10. The molecule has 0 amide bonds. The van der Waals surface area contributed by atoms with E-state index in [1.165, 1.54) is 6.92 Å². The van der Waals surface area contributed by atoms with Gasteiger partial charge in [-0.05, 0) is 12.1 Å². The Bertz CT molecular complexity index is 578. The number of nitrogens with zero attached hydrogens (tertiary/aromatic N) is 1. The maximum Gasteiger partial charge on any atom is 0.178 e. The van der Waals surface area contributed by atoms with Crippen LogP contribution in [0.25, 0.3) is 10.8 Å². The van der Waals surface area contributed by atoms with Crippen LogP contribution in [-0.4, -0.2) is 25.0 Å². The molecule has 0 saturated carbocycles. The molecule has 2 rings (SSSR count). The number of hydrogen-bond acceptors (Lipinski definition) is 4. The molecule has 4 heteroatoms. The third kappa shape index (κ3) is 1.93. The number of ketones is 1. The number of carbonyl (C=O) groups excluding carboxylic acids is 1. The molecule has 2 aromatic rings. The average molecular weight is 231 g/mol. The summed E-state index contributed by atoms with van der Waals surface area (Å²) < 4.78 is 10.5. The van der Waals surface area contributed by atoms with Gasteiger partial charge >= 0.3 is 0 Å². The van der Waals surface area contributed by atoms with Gasteiger partial charge in [-0.15, -0.1) is 0 Å². The summed E-state index contributed by atoms with van der Waals surface area (Å²) in [6, 6.07) is 5.40. The lowest BCUT2D eigenvalue weighted by molar-refractivity contribution is 0.101. The fourth-order valence-corrected chi connectivity index (χ4v) is 1.79. The lowest BCUT2D eigenvalue weighted by atomic mass is 10.1. The number of hydrogen-bond donors (Lipinski definition) is 0. The molecule has 0 saturated heterocycles. The molecule has 1 aromatic carbocycles. The number of aromatic nitrogens is 1. The van der Waals surface area contributed by atoms with Crippen molar-refractivity contribution in [2.75, 3.05) is 14.2 Å². The maximum atomic E-state index is 11.5. The van der Waals surface area contributed by atoms with E-state index in [9.17, 15) is 4.79 Å². The second kappa shape index (κ2) is 4.41. The van der Waals surface area contributed by atoms with Gasteiger partial charge in [-0.2, -0.15) is 0 Å². The summed E-state index contributed by atoms with van der Waals surface area (Å²) in [6.45, 7) is 1.49. The van der Waals surface area contributed by atoms with Crippen molar-refractivity contribution in [2.24, 2.45) is 0 Å². The summed E-state index contributed by atoms with van der Waals surface area (Å²) in [4.78, 5) is 15.6. The van der Waals surface area contributed by atoms with Crippen LogP contribution >= 0.6 is 0 Å². The molecule has 0 spiro atoms. The normalized spacial score (nSPS) is 10.3. The first-order valence-corrected chi connectivity index (χ1v) is 5.19. The molecule has 0 radical (unpaired) electrons. The smallest absolute Gasteiger partial charge is 0.178 e. The summed E-state index contributed by atoms with van der Waals surface area (Å²) in [6.07, 6.45) is 1.61. The summed E-state index contributed by atoms with van der Waals surface area (Å²) >= 11 is 0. The van der Waals surface area contributed by atoms with E-state index < -0.39 is 0 Å². The molecular formula is C13H13NO3. The number of pyridine rings is 1. The van der Waals surface area contributed by atoms with Crippen LogP contribution in [0.4, 0.5) is 0 Å². The number of ether oxygens (including phenoxy) is 2. The lowest BCUT2D eigenvalue weighted by Crippen LogP contribution is -1.99.